The number of anilines is 1. The van der Waals surface area contributed by atoms with Crippen molar-refractivity contribution in [1.82, 2.24) is 9.88 Å². The lowest BCUT2D eigenvalue weighted by molar-refractivity contribution is -0.118. The summed E-state index contributed by atoms with van der Waals surface area (Å²) in [6.45, 7) is 5.10. The summed E-state index contributed by atoms with van der Waals surface area (Å²) in [6, 6.07) is 10.1. The zero-order valence-electron chi connectivity index (χ0n) is 18.5. The van der Waals surface area contributed by atoms with Gasteiger partial charge in [0, 0.05) is 24.5 Å². The van der Waals surface area contributed by atoms with E-state index in [0.717, 1.165) is 21.3 Å². The lowest BCUT2D eigenvalue weighted by atomic mass is 10.1. The fraction of sp³-hybridized carbons (Fsp3) is 0.364. The van der Waals surface area contributed by atoms with Crippen LogP contribution in [0.5, 0.6) is 0 Å². The molecule has 0 aliphatic carbocycles. The molecule has 10 heteroatoms. The molecule has 0 spiro atoms. The Balaban J connectivity index is 0.00000363. The molecule has 0 saturated heterocycles. The van der Waals surface area contributed by atoms with Crippen molar-refractivity contribution in [2.24, 2.45) is 0 Å². The Bertz CT molecular complexity index is 1150. The van der Waals surface area contributed by atoms with Gasteiger partial charge in [0.25, 0.3) is 0 Å². The molecule has 3 aromatic rings. The number of carbonyl (C=O) groups excluding carboxylic acids is 1. The lowest BCUT2D eigenvalue weighted by Crippen LogP contribution is -2.37. The van der Waals surface area contributed by atoms with Gasteiger partial charge in [-0.25, -0.2) is 13.4 Å². The Kier molecular flexibility index (Phi) is 9.07. The topological polar surface area (TPSA) is 70.6 Å². The number of carbonyl (C=O) groups is 1. The lowest BCUT2D eigenvalue weighted by Gasteiger charge is -2.22. The number of nitrogens with zero attached hydrogens (tertiary/aromatic N) is 3. The van der Waals surface area contributed by atoms with Crippen LogP contribution in [0.1, 0.15) is 17.5 Å². The van der Waals surface area contributed by atoms with Crippen molar-refractivity contribution in [3.8, 4) is 0 Å². The number of halogens is 2. The Morgan fingerprint density at radius 1 is 1.03 bits per heavy atom. The highest BCUT2D eigenvalue weighted by atomic mass is 35.5. The molecule has 0 aliphatic rings. The summed E-state index contributed by atoms with van der Waals surface area (Å²) >= 11 is 7.32. The van der Waals surface area contributed by atoms with E-state index in [2.05, 4.69) is 0 Å². The average molecular weight is 517 g/mol. The van der Waals surface area contributed by atoms with Crippen molar-refractivity contribution in [2.75, 3.05) is 37.8 Å². The second-order valence-electron chi connectivity index (χ2n) is 7.74. The highest BCUT2D eigenvalue weighted by Gasteiger charge is 2.24. The maximum Gasteiger partial charge on any atom is 0.229 e. The van der Waals surface area contributed by atoms with Gasteiger partial charge in [0.1, 0.15) is 0 Å². The second kappa shape index (κ2) is 10.9. The van der Waals surface area contributed by atoms with E-state index < -0.39 is 9.84 Å². The predicted octanol–water partition coefficient (Wildman–Crippen LogP) is 4.75. The summed E-state index contributed by atoms with van der Waals surface area (Å²) in [5.74, 6) is -0.525. The number of sulfone groups is 1. The first-order valence-electron chi connectivity index (χ1n) is 9.88. The Labute approximate surface area is 204 Å². The van der Waals surface area contributed by atoms with Crippen molar-refractivity contribution in [3.63, 3.8) is 0 Å². The van der Waals surface area contributed by atoms with Gasteiger partial charge in [-0.15, -0.1) is 12.4 Å². The van der Waals surface area contributed by atoms with E-state index in [1.54, 1.807) is 4.90 Å². The van der Waals surface area contributed by atoms with Crippen molar-refractivity contribution in [2.45, 2.75) is 25.2 Å². The summed E-state index contributed by atoms with van der Waals surface area (Å²) in [7, 11) is 0.271. The number of hydrogen-bond donors (Lipinski definition) is 0. The number of aromatic nitrogens is 1. The molecule has 0 saturated carbocycles. The molecule has 0 aliphatic heterocycles. The van der Waals surface area contributed by atoms with Gasteiger partial charge in [0.05, 0.1) is 20.9 Å². The minimum Gasteiger partial charge on any atom is -0.308 e. The van der Waals surface area contributed by atoms with Gasteiger partial charge >= 0.3 is 0 Å². The van der Waals surface area contributed by atoms with Crippen LogP contribution in [0.15, 0.2) is 41.3 Å². The highest BCUT2D eigenvalue weighted by Crippen LogP contribution is 2.33. The monoisotopic (exact) mass is 515 g/mol. The maximum atomic E-state index is 13.1. The van der Waals surface area contributed by atoms with Gasteiger partial charge in [-0.1, -0.05) is 35.1 Å². The molecule has 2 aromatic carbocycles. The van der Waals surface area contributed by atoms with Crippen LogP contribution in [-0.4, -0.2) is 57.1 Å². The predicted molar refractivity (Wildman–Crippen MR) is 135 cm³/mol. The summed E-state index contributed by atoms with van der Waals surface area (Å²) in [4.78, 5) is 21.6. The molecule has 0 atom stereocenters. The highest BCUT2D eigenvalue weighted by molar-refractivity contribution is 7.91. The van der Waals surface area contributed by atoms with Crippen molar-refractivity contribution in [3.05, 3.63) is 52.5 Å². The van der Waals surface area contributed by atoms with E-state index in [9.17, 15) is 13.2 Å². The molecule has 32 heavy (non-hydrogen) atoms. The molecule has 0 N–H and O–H groups in total. The van der Waals surface area contributed by atoms with Crippen LogP contribution in [0, 0.1) is 13.8 Å². The third-order valence-electron chi connectivity index (χ3n) is 4.99. The van der Waals surface area contributed by atoms with Crippen LogP contribution >= 0.6 is 35.3 Å². The van der Waals surface area contributed by atoms with Gasteiger partial charge < -0.3 is 4.90 Å². The van der Waals surface area contributed by atoms with Gasteiger partial charge in [-0.3, -0.25) is 9.69 Å². The third-order valence-corrected chi connectivity index (χ3v) is 8.19. The molecular formula is C22H27Cl2N3O3S2. The first-order valence-corrected chi connectivity index (χ1v) is 12.7. The molecule has 174 valence electrons. The molecule has 0 unspecified atom stereocenters. The zero-order chi connectivity index (χ0) is 22.8. The van der Waals surface area contributed by atoms with E-state index in [1.165, 1.54) is 35.6 Å². The molecule has 6 nitrogen and oxygen atoms in total. The summed E-state index contributed by atoms with van der Waals surface area (Å²) < 4.78 is 26.4. The van der Waals surface area contributed by atoms with E-state index in [0.29, 0.717) is 23.2 Å². The maximum absolute atomic E-state index is 13.1. The van der Waals surface area contributed by atoms with Gasteiger partial charge in [-0.05, 0) is 63.3 Å². The van der Waals surface area contributed by atoms with Crippen LogP contribution < -0.4 is 4.90 Å². The summed E-state index contributed by atoms with van der Waals surface area (Å²) in [5, 5.41) is 1.06. The van der Waals surface area contributed by atoms with E-state index >= 15 is 0 Å². The van der Waals surface area contributed by atoms with Crippen molar-refractivity contribution in [1.29, 1.82) is 0 Å². The standard InChI is InChI=1S/C22H26ClN3O3S2.ClH/c1-15-5-6-16(2)21-20(15)24-22(30-21)26(13-12-25(3)4)19(27)11-14-31(28,29)18-9-7-17(23)8-10-18;/h5-10H,11-14H2,1-4H3;1H. The summed E-state index contributed by atoms with van der Waals surface area (Å²) in [6.07, 6.45) is -0.119. The van der Waals surface area contributed by atoms with Crippen LogP contribution in [0.2, 0.25) is 5.02 Å². The zero-order valence-corrected chi connectivity index (χ0v) is 21.7. The molecule has 0 radical (unpaired) electrons. The minimum absolute atomic E-state index is 0. The molecule has 0 fully saturated rings. The third kappa shape index (κ3) is 6.20. The quantitative estimate of drug-likeness (QED) is 0.432. The Morgan fingerprint density at radius 3 is 2.25 bits per heavy atom. The number of rotatable bonds is 8. The Hall–Kier alpha value is -1.71. The van der Waals surface area contributed by atoms with Crippen LogP contribution in [0.25, 0.3) is 10.2 Å². The average Bonchev–Trinajstić information content (AvgIpc) is 3.16. The normalized spacial score (nSPS) is 11.6. The fourth-order valence-electron chi connectivity index (χ4n) is 3.11. The number of amides is 1. The second-order valence-corrected chi connectivity index (χ2v) is 11.3. The van der Waals surface area contributed by atoms with Crippen molar-refractivity contribution >= 4 is 66.4 Å². The van der Waals surface area contributed by atoms with Crippen LogP contribution in [0.3, 0.4) is 0 Å². The van der Waals surface area contributed by atoms with E-state index in [1.807, 2.05) is 45.0 Å². The first-order chi connectivity index (χ1) is 14.6. The molecule has 0 bridgehead atoms. The molecule has 1 amide bonds. The first kappa shape index (κ1) is 26.5. The molecule has 1 heterocycles. The number of fused-ring (bicyclic) bond motifs is 1. The Morgan fingerprint density at radius 2 is 1.66 bits per heavy atom. The number of benzene rings is 2. The largest absolute Gasteiger partial charge is 0.308 e. The number of thiazole rings is 1. The SMILES string of the molecule is Cc1ccc(C)c2sc(N(CCN(C)C)C(=O)CCS(=O)(=O)c3ccc(Cl)cc3)nc12.Cl. The smallest absolute Gasteiger partial charge is 0.229 e. The molecular weight excluding hydrogens is 489 g/mol. The van der Waals surface area contributed by atoms with Crippen LogP contribution in [0.4, 0.5) is 5.13 Å². The van der Waals surface area contributed by atoms with Gasteiger partial charge in [-0.2, -0.15) is 0 Å². The molecule has 3 rings (SSSR count). The van der Waals surface area contributed by atoms with Gasteiger partial charge in [0.15, 0.2) is 15.0 Å². The van der Waals surface area contributed by atoms with Gasteiger partial charge in [0.2, 0.25) is 5.91 Å². The van der Waals surface area contributed by atoms with E-state index in [4.69, 9.17) is 16.6 Å². The van der Waals surface area contributed by atoms with Crippen molar-refractivity contribution < 1.29 is 13.2 Å². The minimum atomic E-state index is -3.59. The fourth-order valence-corrected chi connectivity index (χ4v) is 5.62. The number of hydrogen-bond acceptors (Lipinski definition) is 6. The van der Waals surface area contributed by atoms with Crippen LogP contribution in [-0.2, 0) is 14.6 Å². The number of likely N-dealkylation sites (N-methyl/N-ethyl adjacent to an activating group) is 1. The number of aryl methyl sites for hydroxylation is 2. The molecule has 1 aromatic heterocycles. The summed E-state index contributed by atoms with van der Waals surface area (Å²) in [5.41, 5.74) is 3.04. The van der Waals surface area contributed by atoms with E-state index in [-0.39, 0.29) is 35.4 Å².